The van der Waals surface area contributed by atoms with Crippen LogP contribution < -0.4 is 11.1 Å². The number of nitrogens with one attached hydrogen (secondary N) is 1. The van der Waals surface area contributed by atoms with Gasteiger partial charge in [-0.3, -0.25) is 14.9 Å². The maximum atomic E-state index is 12.4. The first kappa shape index (κ1) is 14.5. The van der Waals surface area contributed by atoms with Gasteiger partial charge in [0.1, 0.15) is 0 Å². The zero-order valence-corrected chi connectivity index (χ0v) is 11.5. The highest BCUT2D eigenvalue weighted by Crippen LogP contribution is 2.29. The van der Waals surface area contributed by atoms with Crippen LogP contribution in [-0.4, -0.2) is 22.9 Å². The summed E-state index contributed by atoms with van der Waals surface area (Å²) in [6.07, 6.45) is 3.82. The first-order chi connectivity index (χ1) is 9.47. The second-order valence-corrected chi connectivity index (χ2v) is 5.40. The molecule has 0 atom stereocenters. The smallest absolute Gasteiger partial charge is 0.270 e. The minimum atomic E-state index is -0.496. The van der Waals surface area contributed by atoms with Crippen LogP contribution in [0, 0.1) is 17.0 Å². The zero-order chi connectivity index (χ0) is 14.8. The van der Waals surface area contributed by atoms with Crippen molar-refractivity contribution in [1.29, 1.82) is 0 Å². The zero-order valence-electron chi connectivity index (χ0n) is 11.5. The fraction of sp³-hybridized carbons (Fsp3) is 0.500. The Hall–Kier alpha value is -1.95. The van der Waals surface area contributed by atoms with Gasteiger partial charge in [-0.1, -0.05) is 18.9 Å². The van der Waals surface area contributed by atoms with Crippen LogP contribution in [0.1, 0.15) is 41.6 Å². The number of carbonyl (C=O) groups excluding carboxylic acids is 1. The number of aryl methyl sites for hydroxylation is 1. The highest BCUT2D eigenvalue weighted by molar-refractivity contribution is 5.96. The van der Waals surface area contributed by atoms with Crippen molar-refractivity contribution >= 4 is 11.6 Å². The Morgan fingerprint density at radius 2 is 2.10 bits per heavy atom. The lowest BCUT2D eigenvalue weighted by molar-refractivity contribution is -0.384. The van der Waals surface area contributed by atoms with Gasteiger partial charge in [0.05, 0.1) is 10.5 Å². The highest BCUT2D eigenvalue weighted by atomic mass is 16.6. The molecular weight excluding hydrogens is 258 g/mol. The maximum Gasteiger partial charge on any atom is 0.270 e. The van der Waals surface area contributed by atoms with E-state index in [-0.39, 0.29) is 17.1 Å². The Bertz CT molecular complexity index is 536. The van der Waals surface area contributed by atoms with Crippen molar-refractivity contribution < 1.29 is 9.72 Å². The van der Waals surface area contributed by atoms with E-state index < -0.39 is 4.92 Å². The summed E-state index contributed by atoms with van der Waals surface area (Å²) in [4.78, 5) is 22.7. The van der Waals surface area contributed by atoms with Crippen molar-refractivity contribution in [3.8, 4) is 0 Å². The van der Waals surface area contributed by atoms with Gasteiger partial charge in [-0.15, -0.1) is 0 Å². The van der Waals surface area contributed by atoms with Gasteiger partial charge in [-0.2, -0.15) is 0 Å². The number of benzene rings is 1. The highest BCUT2D eigenvalue weighted by Gasteiger charge is 2.34. The van der Waals surface area contributed by atoms with E-state index in [1.807, 2.05) is 0 Å². The molecule has 0 spiro atoms. The van der Waals surface area contributed by atoms with Crippen molar-refractivity contribution in [3.05, 3.63) is 39.4 Å². The van der Waals surface area contributed by atoms with Crippen molar-refractivity contribution in [2.75, 3.05) is 6.54 Å². The number of nitrogens with two attached hydrogens (primary N) is 1. The number of hydrogen-bond donors (Lipinski definition) is 2. The molecule has 0 bridgehead atoms. The molecule has 1 amide bonds. The summed E-state index contributed by atoms with van der Waals surface area (Å²) in [5.74, 6) is -0.279. The molecule has 0 saturated heterocycles. The fourth-order valence-electron chi connectivity index (χ4n) is 2.71. The van der Waals surface area contributed by atoms with E-state index in [0.717, 1.165) is 31.2 Å². The second-order valence-electron chi connectivity index (χ2n) is 5.40. The monoisotopic (exact) mass is 277 g/mol. The van der Waals surface area contributed by atoms with Crippen molar-refractivity contribution in [2.45, 2.75) is 38.1 Å². The number of hydrogen-bond acceptors (Lipinski definition) is 4. The van der Waals surface area contributed by atoms with Gasteiger partial charge in [0.25, 0.3) is 11.6 Å². The molecule has 0 unspecified atom stereocenters. The number of nitrogens with zero attached hydrogens (tertiary/aromatic N) is 1. The third-order valence-electron chi connectivity index (χ3n) is 4.01. The van der Waals surface area contributed by atoms with Crippen molar-refractivity contribution in [1.82, 2.24) is 5.32 Å². The molecule has 1 aliphatic carbocycles. The molecule has 2 rings (SSSR count). The van der Waals surface area contributed by atoms with Crippen LogP contribution in [0.5, 0.6) is 0 Å². The Kier molecular flexibility index (Phi) is 4.04. The molecule has 0 heterocycles. The van der Waals surface area contributed by atoms with Crippen LogP contribution in [0.25, 0.3) is 0 Å². The van der Waals surface area contributed by atoms with E-state index in [1.54, 1.807) is 13.0 Å². The Balaban J connectivity index is 2.24. The van der Waals surface area contributed by atoms with Crippen molar-refractivity contribution in [3.63, 3.8) is 0 Å². The summed E-state index contributed by atoms with van der Waals surface area (Å²) in [6.45, 7) is 2.16. The molecule has 0 aliphatic heterocycles. The van der Waals surface area contributed by atoms with Crippen LogP contribution in [-0.2, 0) is 0 Å². The lowest BCUT2D eigenvalue weighted by Crippen LogP contribution is -2.51. The summed E-state index contributed by atoms with van der Waals surface area (Å²) in [6, 6.07) is 4.32. The Morgan fingerprint density at radius 3 is 2.65 bits per heavy atom. The number of nitro benzene ring substituents is 1. The van der Waals surface area contributed by atoms with Crippen LogP contribution >= 0.6 is 0 Å². The molecule has 1 aromatic carbocycles. The van der Waals surface area contributed by atoms with Gasteiger partial charge in [-0.05, 0) is 25.3 Å². The number of amides is 1. The van der Waals surface area contributed by atoms with Crippen LogP contribution in [0.15, 0.2) is 18.2 Å². The lowest BCUT2D eigenvalue weighted by atomic mass is 9.96. The predicted octanol–water partition coefficient (Wildman–Crippen LogP) is 1.90. The summed E-state index contributed by atoms with van der Waals surface area (Å²) in [5, 5.41) is 13.8. The molecule has 1 saturated carbocycles. The molecule has 1 fully saturated rings. The van der Waals surface area contributed by atoms with E-state index in [2.05, 4.69) is 5.32 Å². The minimum Gasteiger partial charge on any atom is -0.345 e. The molecule has 108 valence electrons. The molecule has 1 aliphatic rings. The molecule has 20 heavy (non-hydrogen) atoms. The standard InChI is InChI=1S/C14H19N3O3/c1-10-4-5-11(17(19)20)8-12(10)13(18)16-14(9-15)6-2-3-7-14/h4-5,8H,2-3,6-7,9,15H2,1H3,(H,16,18). The molecule has 6 nitrogen and oxygen atoms in total. The predicted molar refractivity (Wildman–Crippen MR) is 75.6 cm³/mol. The summed E-state index contributed by atoms with van der Waals surface area (Å²) >= 11 is 0. The molecule has 0 aromatic heterocycles. The normalized spacial score (nSPS) is 16.9. The number of carbonyl (C=O) groups is 1. The van der Waals surface area contributed by atoms with E-state index in [0.29, 0.717) is 12.1 Å². The number of nitro groups is 1. The van der Waals surface area contributed by atoms with Crippen LogP contribution in [0.2, 0.25) is 0 Å². The van der Waals surface area contributed by atoms with E-state index in [1.165, 1.54) is 12.1 Å². The van der Waals surface area contributed by atoms with Crippen LogP contribution in [0.4, 0.5) is 5.69 Å². The van der Waals surface area contributed by atoms with E-state index >= 15 is 0 Å². The molecule has 0 radical (unpaired) electrons. The molecule has 1 aromatic rings. The fourth-order valence-corrected chi connectivity index (χ4v) is 2.71. The van der Waals surface area contributed by atoms with E-state index in [4.69, 9.17) is 5.73 Å². The van der Waals surface area contributed by atoms with Gasteiger partial charge < -0.3 is 11.1 Å². The Morgan fingerprint density at radius 1 is 1.45 bits per heavy atom. The van der Waals surface area contributed by atoms with Gasteiger partial charge in [-0.25, -0.2) is 0 Å². The average molecular weight is 277 g/mol. The third kappa shape index (κ3) is 2.80. The topological polar surface area (TPSA) is 98.3 Å². The minimum absolute atomic E-state index is 0.0750. The first-order valence-electron chi connectivity index (χ1n) is 6.75. The third-order valence-corrected chi connectivity index (χ3v) is 4.01. The first-order valence-corrected chi connectivity index (χ1v) is 6.75. The van der Waals surface area contributed by atoms with E-state index in [9.17, 15) is 14.9 Å². The van der Waals surface area contributed by atoms with Crippen molar-refractivity contribution in [2.24, 2.45) is 5.73 Å². The quantitative estimate of drug-likeness (QED) is 0.648. The summed E-state index contributed by atoms with van der Waals surface area (Å²) in [5.41, 5.74) is 6.43. The number of rotatable bonds is 4. The number of non-ortho nitro benzene ring substituents is 1. The summed E-state index contributed by atoms with van der Waals surface area (Å²) < 4.78 is 0. The SMILES string of the molecule is Cc1ccc([N+](=O)[O-])cc1C(=O)NC1(CN)CCCC1. The van der Waals surface area contributed by atoms with Crippen LogP contribution in [0.3, 0.4) is 0 Å². The second kappa shape index (κ2) is 5.58. The Labute approximate surface area is 117 Å². The van der Waals surface area contributed by atoms with Gasteiger partial charge in [0.15, 0.2) is 0 Å². The van der Waals surface area contributed by atoms with Gasteiger partial charge in [0, 0.05) is 24.2 Å². The molecule has 6 heteroatoms. The largest absolute Gasteiger partial charge is 0.345 e. The molecular formula is C14H19N3O3. The maximum absolute atomic E-state index is 12.4. The lowest BCUT2D eigenvalue weighted by Gasteiger charge is -2.29. The molecule has 3 N–H and O–H groups in total. The average Bonchev–Trinajstić information content (AvgIpc) is 2.88. The summed E-state index contributed by atoms with van der Waals surface area (Å²) in [7, 11) is 0. The van der Waals surface area contributed by atoms with Gasteiger partial charge in [0.2, 0.25) is 0 Å². The van der Waals surface area contributed by atoms with Gasteiger partial charge >= 0.3 is 0 Å².